The van der Waals surface area contributed by atoms with Gasteiger partial charge in [0.25, 0.3) is 5.56 Å². The van der Waals surface area contributed by atoms with Crippen molar-refractivity contribution in [1.29, 1.82) is 0 Å². The minimum Gasteiger partial charge on any atom is -0.507 e. The van der Waals surface area contributed by atoms with Crippen LogP contribution in [0.15, 0.2) is 53.3 Å². The molecule has 0 saturated carbocycles. The number of hydrogen-bond donors (Lipinski definition) is 1. The molecular weight excluding hydrogens is 336 g/mol. The van der Waals surface area contributed by atoms with Gasteiger partial charge in [-0.15, -0.1) is 0 Å². The Hall–Kier alpha value is -2.88. The van der Waals surface area contributed by atoms with Gasteiger partial charge in [-0.1, -0.05) is 51.0 Å². The molecule has 0 spiro atoms. The highest BCUT2D eigenvalue weighted by Gasteiger charge is 2.18. The summed E-state index contributed by atoms with van der Waals surface area (Å²) < 4.78 is 1.63. The summed E-state index contributed by atoms with van der Waals surface area (Å²) in [6.45, 7) is 6.07. The SMILES string of the molecule is CCCc1ccc(-n2c(-c3ccccc3O)nc(C)c(CCC)c2=O)cc1. The molecule has 0 amide bonds. The fourth-order valence-electron chi connectivity index (χ4n) is 3.38. The molecule has 140 valence electrons. The number of aromatic nitrogens is 2. The van der Waals surface area contributed by atoms with Crippen LogP contribution in [0.2, 0.25) is 0 Å². The number of benzene rings is 2. The topological polar surface area (TPSA) is 55.1 Å². The van der Waals surface area contributed by atoms with E-state index >= 15 is 0 Å². The monoisotopic (exact) mass is 362 g/mol. The summed E-state index contributed by atoms with van der Waals surface area (Å²) >= 11 is 0. The number of phenolic OH excluding ortho intramolecular Hbond substituents is 1. The van der Waals surface area contributed by atoms with E-state index in [4.69, 9.17) is 4.98 Å². The van der Waals surface area contributed by atoms with Crippen molar-refractivity contribution in [2.24, 2.45) is 0 Å². The molecule has 0 atom stereocenters. The van der Waals surface area contributed by atoms with Gasteiger partial charge in [0.2, 0.25) is 0 Å². The van der Waals surface area contributed by atoms with Crippen LogP contribution in [-0.2, 0) is 12.8 Å². The van der Waals surface area contributed by atoms with Crippen LogP contribution in [0.5, 0.6) is 5.75 Å². The fourth-order valence-corrected chi connectivity index (χ4v) is 3.38. The van der Waals surface area contributed by atoms with Gasteiger partial charge in [0.15, 0.2) is 5.82 Å². The molecule has 1 N–H and O–H groups in total. The summed E-state index contributed by atoms with van der Waals surface area (Å²) in [5.74, 6) is 0.585. The highest BCUT2D eigenvalue weighted by atomic mass is 16.3. The second-order valence-electron chi connectivity index (χ2n) is 6.82. The Labute approximate surface area is 160 Å². The molecule has 0 saturated heterocycles. The van der Waals surface area contributed by atoms with Gasteiger partial charge in [0.05, 0.1) is 11.3 Å². The summed E-state index contributed by atoms with van der Waals surface area (Å²) in [5, 5.41) is 10.3. The molecule has 3 rings (SSSR count). The molecule has 0 radical (unpaired) electrons. The lowest BCUT2D eigenvalue weighted by Gasteiger charge is -2.17. The van der Waals surface area contributed by atoms with Crippen molar-refractivity contribution in [2.45, 2.75) is 46.5 Å². The zero-order chi connectivity index (χ0) is 19.4. The Bertz CT molecular complexity index is 988. The quantitative estimate of drug-likeness (QED) is 0.684. The Morgan fingerprint density at radius 1 is 0.963 bits per heavy atom. The van der Waals surface area contributed by atoms with E-state index < -0.39 is 0 Å². The largest absolute Gasteiger partial charge is 0.507 e. The van der Waals surface area contributed by atoms with Crippen molar-refractivity contribution in [3.8, 4) is 22.8 Å². The first-order valence-corrected chi connectivity index (χ1v) is 9.57. The molecule has 3 aromatic rings. The van der Waals surface area contributed by atoms with Crippen molar-refractivity contribution in [2.75, 3.05) is 0 Å². The van der Waals surface area contributed by atoms with Crippen LogP contribution < -0.4 is 5.56 Å². The summed E-state index contributed by atoms with van der Waals surface area (Å²) in [6.07, 6.45) is 3.65. The first-order chi connectivity index (χ1) is 13.1. The van der Waals surface area contributed by atoms with Crippen LogP contribution >= 0.6 is 0 Å². The molecule has 0 fully saturated rings. The predicted molar refractivity (Wildman–Crippen MR) is 110 cm³/mol. The van der Waals surface area contributed by atoms with Gasteiger partial charge in [-0.25, -0.2) is 4.98 Å². The van der Waals surface area contributed by atoms with E-state index in [0.717, 1.165) is 36.2 Å². The number of aromatic hydroxyl groups is 1. The zero-order valence-corrected chi connectivity index (χ0v) is 16.2. The average Bonchev–Trinajstić information content (AvgIpc) is 2.66. The van der Waals surface area contributed by atoms with Crippen LogP contribution in [0.25, 0.3) is 17.1 Å². The zero-order valence-electron chi connectivity index (χ0n) is 16.2. The molecule has 2 aromatic carbocycles. The molecule has 0 aliphatic heterocycles. The average molecular weight is 362 g/mol. The summed E-state index contributed by atoms with van der Waals surface area (Å²) in [7, 11) is 0. The van der Waals surface area contributed by atoms with E-state index in [1.165, 1.54) is 5.56 Å². The lowest BCUT2D eigenvalue weighted by atomic mass is 10.1. The van der Waals surface area contributed by atoms with Gasteiger partial charge >= 0.3 is 0 Å². The summed E-state index contributed by atoms with van der Waals surface area (Å²) in [5.41, 5.74) is 3.95. The first kappa shape index (κ1) is 18.9. The van der Waals surface area contributed by atoms with E-state index in [-0.39, 0.29) is 11.3 Å². The van der Waals surface area contributed by atoms with Crippen LogP contribution in [0.1, 0.15) is 43.5 Å². The predicted octanol–water partition coefficient (Wildman–Crippen LogP) is 4.82. The normalized spacial score (nSPS) is 10.9. The summed E-state index contributed by atoms with van der Waals surface area (Å²) in [4.78, 5) is 18.1. The van der Waals surface area contributed by atoms with Gasteiger partial charge < -0.3 is 5.11 Å². The Balaban J connectivity index is 2.27. The van der Waals surface area contributed by atoms with Gasteiger partial charge in [0, 0.05) is 11.3 Å². The number of aryl methyl sites for hydroxylation is 2. The van der Waals surface area contributed by atoms with Crippen LogP contribution in [0, 0.1) is 6.92 Å². The Morgan fingerprint density at radius 2 is 1.63 bits per heavy atom. The third kappa shape index (κ3) is 3.80. The third-order valence-electron chi connectivity index (χ3n) is 4.76. The number of para-hydroxylation sites is 1. The van der Waals surface area contributed by atoms with E-state index in [2.05, 4.69) is 26.0 Å². The molecule has 4 nitrogen and oxygen atoms in total. The standard InChI is InChI=1S/C23H26N2O2/c1-4-8-17-12-14-18(15-13-17)25-22(20-10-6-7-11-21(20)26)24-16(3)19(9-5-2)23(25)27/h6-7,10-15,26H,4-5,8-9H2,1-3H3. The Morgan fingerprint density at radius 3 is 2.26 bits per heavy atom. The second kappa shape index (κ2) is 8.21. The second-order valence-corrected chi connectivity index (χ2v) is 6.82. The van der Waals surface area contributed by atoms with Crippen molar-refractivity contribution in [3.05, 3.63) is 75.7 Å². The minimum absolute atomic E-state index is 0.0640. The molecule has 1 aromatic heterocycles. The highest BCUT2D eigenvalue weighted by Crippen LogP contribution is 2.29. The first-order valence-electron chi connectivity index (χ1n) is 9.57. The van der Waals surface area contributed by atoms with Crippen molar-refractivity contribution >= 4 is 0 Å². The van der Waals surface area contributed by atoms with Gasteiger partial charge in [-0.3, -0.25) is 9.36 Å². The van der Waals surface area contributed by atoms with Crippen LogP contribution in [0.4, 0.5) is 0 Å². The summed E-state index contributed by atoms with van der Waals surface area (Å²) in [6, 6.07) is 15.0. The highest BCUT2D eigenvalue weighted by molar-refractivity contribution is 5.66. The van der Waals surface area contributed by atoms with Crippen molar-refractivity contribution < 1.29 is 5.11 Å². The maximum Gasteiger partial charge on any atom is 0.261 e. The minimum atomic E-state index is -0.0640. The van der Waals surface area contributed by atoms with E-state index in [0.29, 0.717) is 17.8 Å². The van der Waals surface area contributed by atoms with Crippen LogP contribution in [-0.4, -0.2) is 14.7 Å². The smallest absolute Gasteiger partial charge is 0.261 e. The van der Waals surface area contributed by atoms with Gasteiger partial charge in [-0.05, 0) is 49.6 Å². The molecule has 0 aliphatic carbocycles. The van der Waals surface area contributed by atoms with Crippen molar-refractivity contribution in [3.63, 3.8) is 0 Å². The number of nitrogens with zero attached hydrogens (tertiary/aromatic N) is 2. The molecule has 0 unspecified atom stereocenters. The fraction of sp³-hybridized carbons (Fsp3) is 0.304. The van der Waals surface area contributed by atoms with Crippen molar-refractivity contribution in [1.82, 2.24) is 9.55 Å². The maximum absolute atomic E-state index is 13.3. The maximum atomic E-state index is 13.3. The molecule has 0 aliphatic rings. The van der Waals surface area contributed by atoms with E-state index in [1.54, 1.807) is 22.8 Å². The lowest BCUT2D eigenvalue weighted by molar-refractivity contribution is 0.476. The number of rotatable bonds is 6. The lowest BCUT2D eigenvalue weighted by Crippen LogP contribution is -2.27. The molecule has 0 bridgehead atoms. The van der Waals surface area contributed by atoms with Gasteiger partial charge in [0.1, 0.15) is 5.75 Å². The van der Waals surface area contributed by atoms with Crippen LogP contribution in [0.3, 0.4) is 0 Å². The molecule has 1 heterocycles. The molecular formula is C23H26N2O2. The van der Waals surface area contributed by atoms with E-state index in [9.17, 15) is 9.90 Å². The molecule has 27 heavy (non-hydrogen) atoms. The van der Waals surface area contributed by atoms with E-state index in [1.807, 2.05) is 25.1 Å². The third-order valence-corrected chi connectivity index (χ3v) is 4.76. The number of hydrogen-bond acceptors (Lipinski definition) is 3. The Kier molecular flexibility index (Phi) is 5.75. The number of phenols is 1. The molecule has 4 heteroatoms. The van der Waals surface area contributed by atoms with Gasteiger partial charge in [-0.2, -0.15) is 0 Å².